The van der Waals surface area contributed by atoms with Gasteiger partial charge in [-0.25, -0.2) is 17.2 Å². The summed E-state index contributed by atoms with van der Waals surface area (Å²) in [6.45, 7) is 4.90. The van der Waals surface area contributed by atoms with Crippen LogP contribution in [0.25, 0.3) is 0 Å². The number of benzene rings is 2. The molecular weight excluding hydrogens is 464 g/mol. The molecule has 7 nitrogen and oxygen atoms in total. The molecule has 2 aromatic carbocycles. The van der Waals surface area contributed by atoms with Crippen LogP contribution in [0.4, 0.5) is 14.5 Å². The van der Waals surface area contributed by atoms with E-state index in [1.165, 1.54) is 41.3 Å². The second kappa shape index (κ2) is 11.9. The van der Waals surface area contributed by atoms with Gasteiger partial charge in [-0.1, -0.05) is 26.0 Å². The molecule has 2 rings (SSSR count). The first-order chi connectivity index (χ1) is 16.0. The number of hydrogen-bond donors (Lipinski definition) is 1. The van der Waals surface area contributed by atoms with Gasteiger partial charge in [-0.15, -0.1) is 0 Å². The van der Waals surface area contributed by atoms with Crippen molar-refractivity contribution in [3.8, 4) is 0 Å². The summed E-state index contributed by atoms with van der Waals surface area (Å²) in [6.07, 6.45) is 1.92. The van der Waals surface area contributed by atoms with Crippen LogP contribution in [0, 0.1) is 11.6 Å². The summed E-state index contributed by atoms with van der Waals surface area (Å²) in [4.78, 5) is 27.7. The van der Waals surface area contributed by atoms with Crippen LogP contribution >= 0.6 is 0 Å². The Morgan fingerprint density at radius 1 is 0.941 bits per heavy atom. The van der Waals surface area contributed by atoms with Crippen LogP contribution in [0.1, 0.15) is 39.2 Å². The Hall–Kier alpha value is -3.01. The van der Waals surface area contributed by atoms with Gasteiger partial charge in [0.25, 0.3) is 0 Å². The Bertz CT molecular complexity index is 1080. The zero-order valence-electron chi connectivity index (χ0n) is 19.8. The minimum Gasteiger partial charge on any atom is -0.352 e. The lowest BCUT2D eigenvalue weighted by atomic mass is 10.1. The van der Waals surface area contributed by atoms with Gasteiger partial charge in [0.2, 0.25) is 21.8 Å². The monoisotopic (exact) mass is 495 g/mol. The Morgan fingerprint density at radius 3 is 1.94 bits per heavy atom. The first-order valence-corrected chi connectivity index (χ1v) is 12.9. The molecule has 0 radical (unpaired) electrons. The van der Waals surface area contributed by atoms with Crippen LogP contribution in [0.15, 0.2) is 48.5 Å². The Kier molecular flexibility index (Phi) is 9.55. The number of nitrogens with one attached hydrogen (secondary N) is 1. The predicted molar refractivity (Wildman–Crippen MR) is 128 cm³/mol. The van der Waals surface area contributed by atoms with Gasteiger partial charge in [0.05, 0.1) is 11.9 Å². The Morgan fingerprint density at radius 2 is 1.47 bits per heavy atom. The van der Waals surface area contributed by atoms with E-state index in [4.69, 9.17) is 0 Å². The van der Waals surface area contributed by atoms with E-state index in [1.54, 1.807) is 6.92 Å². The maximum absolute atomic E-state index is 13.5. The number of carbonyl (C=O) groups is 2. The van der Waals surface area contributed by atoms with Gasteiger partial charge < -0.3 is 10.2 Å². The van der Waals surface area contributed by atoms with Gasteiger partial charge in [-0.2, -0.15) is 0 Å². The molecule has 34 heavy (non-hydrogen) atoms. The van der Waals surface area contributed by atoms with E-state index in [9.17, 15) is 26.8 Å². The van der Waals surface area contributed by atoms with Crippen molar-refractivity contribution < 1.29 is 26.8 Å². The molecule has 0 unspecified atom stereocenters. The van der Waals surface area contributed by atoms with E-state index < -0.39 is 40.2 Å². The standard InChI is InChI=1S/C24H31F2N3O4S/c1-5-17(3)27-24(31)22(6-2)28(15-18-7-9-19(25)10-8-18)23(30)16-29(34(4,32)33)21-13-11-20(26)12-14-21/h7-14,17,22H,5-6,15-16H2,1-4H3,(H,27,31)/t17-,22+/m1/s1. The van der Waals surface area contributed by atoms with E-state index in [0.29, 0.717) is 12.0 Å². The molecule has 2 aromatic rings. The van der Waals surface area contributed by atoms with Crippen molar-refractivity contribution in [2.75, 3.05) is 17.1 Å². The number of rotatable bonds is 11. The number of halogens is 2. The van der Waals surface area contributed by atoms with Gasteiger partial charge in [-0.3, -0.25) is 13.9 Å². The summed E-state index contributed by atoms with van der Waals surface area (Å²) in [5, 5.41) is 2.87. The summed E-state index contributed by atoms with van der Waals surface area (Å²) in [5.41, 5.74) is 0.702. The number of hydrogen-bond acceptors (Lipinski definition) is 4. The second-order valence-electron chi connectivity index (χ2n) is 8.14. The third-order valence-electron chi connectivity index (χ3n) is 5.45. The van der Waals surface area contributed by atoms with Crippen molar-refractivity contribution in [3.05, 3.63) is 65.7 Å². The molecule has 0 fully saturated rings. The molecule has 0 bridgehead atoms. The molecule has 0 heterocycles. The summed E-state index contributed by atoms with van der Waals surface area (Å²) in [7, 11) is -3.90. The number of nitrogens with zero attached hydrogens (tertiary/aromatic N) is 2. The topological polar surface area (TPSA) is 86.8 Å². The van der Waals surface area contributed by atoms with Crippen molar-refractivity contribution in [3.63, 3.8) is 0 Å². The molecule has 0 aromatic heterocycles. The molecule has 0 aliphatic heterocycles. The van der Waals surface area contributed by atoms with Crippen LogP contribution in [0.5, 0.6) is 0 Å². The largest absolute Gasteiger partial charge is 0.352 e. The molecular formula is C24H31F2N3O4S. The second-order valence-corrected chi connectivity index (χ2v) is 10.0. The average Bonchev–Trinajstić information content (AvgIpc) is 2.78. The number of amides is 2. The number of carbonyl (C=O) groups excluding carboxylic acids is 2. The fourth-order valence-corrected chi connectivity index (χ4v) is 4.22. The lowest BCUT2D eigenvalue weighted by molar-refractivity contribution is -0.140. The third kappa shape index (κ3) is 7.51. The van der Waals surface area contributed by atoms with Gasteiger partial charge in [0.1, 0.15) is 24.2 Å². The van der Waals surface area contributed by atoms with E-state index >= 15 is 0 Å². The van der Waals surface area contributed by atoms with Crippen molar-refractivity contribution in [2.24, 2.45) is 0 Å². The highest BCUT2D eigenvalue weighted by Gasteiger charge is 2.32. The fraction of sp³-hybridized carbons (Fsp3) is 0.417. The van der Waals surface area contributed by atoms with Crippen LogP contribution in [-0.2, 0) is 26.2 Å². The SMILES string of the molecule is CC[C@@H](C)NC(=O)[C@H](CC)N(Cc1ccc(F)cc1)C(=O)CN(c1ccc(F)cc1)S(C)(=O)=O. The van der Waals surface area contributed by atoms with Crippen molar-refractivity contribution in [1.29, 1.82) is 0 Å². The minimum atomic E-state index is -3.90. The summed E-state index contributed by atoms with van der Waals surface area (Å²) in [5.74, 6) is -1.97. The van der Waals surface area contributed by atoms with Crippen LogP contribution < -0.4 is 9.62 Å². The summed E-state index contributed by atoms with van der Waals surface area (Å²) in [6, 6.07) is 9.25. The quantitative estimate of drug-likeness (QED) is 0.517. The molecule has 1 N–H and O–H groups in total. The molecule has 2 amide bonds. The average molecular weight is 496 g/mol. The number of sulfonamides is 1. The lowest BCUT2D eigenvalue weighted by Gasteiger charge is -2.33. The zero-order valence-corrected chi connectivity index (χ0v) is 20.6. The van der Waals surface area contributed by atoms with E-state index in [-0.39, 0.29) is 30.6 Å². The molecule has 186 valence electrons. The van der Waals surface area contributed by atoms with Crippen LogP contribution in [0.2, 0.25) is 0 Å². The fourth-order valence-electron chi connectivity index (χ4n) is 3.37. The highest BCUT2D eigenvalue weighted by Crippen LogP contribution is 2.20. The molecule has 0 spiro atoms. The van der Waals surface area contributed by atoms with Crippen LogP contribution in [0.3, 0.4) is 0 Å². The smallest absolute Gasteiger partial charge is 0.244 e. The Labute approximate surface area is 199 Å². The molecule has 2 atom stereocenters. The lowest BCUT2D eigenvalue weighted by Crippen LogP contribution is -2.53. The molecule has 0 aliphatic rings. The molecule has 0 saturated heterocycles. The normalized spacial score (nSPS) is 13.1. The van der Waals surface area contributed by atoms with Gasteiger partial charge >= 0.3 is 0 Å². The van der Waals surface area contributed by atoms with Gasteiger partial charge in [-0.05, 0) is 61.7 Å². The predicted octanol–water partition coefficient (Wildman–Crippen LogP) is 3.45. The van der Waals surface area contributed by atoms with Crippen molar-refractivity contribution in [2.45, 2.75) is 52.2 Å². The van der Waals surface area contributed by atoms with Gasteiger partial charge in [0.15, 0.2) is 0 Å². The van der Waals surface area contributed by atoms with Crippen molar-refractivity contribution >= 4 is 27.5 Å². The van der Waals surface area contributed by atoms with E-state index in [0.717, 1.165) is 22.7 Å². The first kappa shape index (κ1) is 27.2. The highest BCUT2D eigenvalue weighted by molar-refractivity contribution is 7.92. The highest BCUT2D eigenvalue weighted by atomic mass is 32.2. The summed E-state index contributed by atoms with van der Waals surface area (Å²) >= 11 is 0. The van der Waals surface area contributed by atoms with Crippen molar-refractivity contribution in [1.82, 2.24) is 10.2 Å². The zero-order chi connectivity index (χ0) is 25.5. The maximum atomic E-state index is 13.5. The van der Waals surface area contributed by atoms with Crippen LogP contribution in [-0.4, -0.2) is 50.0 Å². The van der Waals surface area contributed by atoms with E-state index in [1.807, 2.05) is 13.8 Å². The molecule has 0 saturated carbocycles. The maximum Gasteiger partial charge on any atom is 0.244 e. The summed E-state index contributed by atoms with van der Waals surface area (Å²) < 4.78 is 52.6. The Balaban J connectivity index is 2.41. The molecule has 0 aliphatic carbocycles. The minimum absolute atomic E-state index is 0.0213. The first-order valence-electron chi connectivity index (χ1n) is 11.0. The van der Waals surface area contributed by atoms with Gasteiger partial charge in [0, 0.05) is 12.6 Å². The third-order valence-corrected chi connectivity index (χ3v) is 6.59. The van der Waals surface area contributed by atoms with E-state index in [2.05, 4.69) is 5.32 Å². The molecule has 10 heteroatoms. The number of anilines is 1.